The molecule has 3 aromatic rings. The Morgan fingerprint density at radius 2 is 1.93 bits per heavy atom. The van der Waals surface area contributed by atoms with Crippen LogP contribution >= 0.6 is 11.3 Å². The first-order valence-electron chi connectivity index (χ1n) is 8.60. The van der Waals surface area contributed by atoms with E-state index < -0.39 is 10.0 Å². The second kappa shape index (κ2) is 7.19. The minimum Gasteiger partial charge on any atom is -0.360 e. The summed E-state index contributed by atoms with van der Waals surface area (Å²) in [5.74, 6) is 1.10. The van der Waals surface area contributed by atoms with E-state index in [-0.39, 0.29) is 4.90 Å². The van der Waals surface area contributed by atoms with Gasteiger partial charge in [0, 0.05) is 38.8 Å². The molecule has 1 aliphatic heterocycles. The summed E-state index contributed by atoms with van der Waals surface area (Å²) in [6.45, 7) is 6.00. The summed E-state index contributed by atoms with van der Waals surface area (Å²) >= 11 is 1.61. The minimum absolute atomic E-state index is 0.188. The van der Waals surface area contributed by atoms with Gasteiger partial charge < -0.3 is 9.05 Å². The van der Waals surface area contributed by atoms with E-state index in [0.717, 1.165) is 16.3 Å². The molecule has 0 aliphatic carbocycles. The molecule has 1 aliphatic rings. The predicted molar refractivity (Wildman–Crippen MR) is 99.8 cm³/mol. The largest absolute Gasteiger partial charge is 0.360 e. The molecule has 27 heavy (non-hydrogen) atoms. The average molecular weight is 409 g/mol. The van der Waals surface area contributed by atoms with Gasteiger partial charge in [0.2, 0.25) is 10.0 Å². The molecule has 1 fully saturated rings. The molecule has 4 rings (SSSR count). The first-order valence-corrected chi connectivity index (χ1v) is 10.9. The molecule has 0 unspecified atom stereocenters. The minimum atomic E-state index is -3.58. The number of hydrogen-bond donors (Lipinski definition) is 0. The van der Waals surface area contributed by atoms with E-state index in [9.17, 15) is 8.42 Å². The third kappa shape index (κ3) is 3.57. The quantitative estimate of drug-likeness (QED) is 0.640. The van der Waals surface area contributed by atoms with Crippen LogP contribution in [0.1, 0.15) is 17.1 Å². The molecular formula is C17H20N4O4S2. The number of sulfonamides is 1. The molecule has 0 saturated carbocycles. The molecule has 144 valence electrons. The molecule has 0 radical (unpaired) electrons. The zero-order chi connectivity index (χ0) is 19.0. The summed E-state index contributed by atoms with van der Waals surface area (Å²) in [4.78, 5) is 3.41. The van der Waals surface area contributed by atoms with Crippen LogP contribution < -0.4 is 0 Å². The maximum Gasteiger partial charge on any atom is 0.248 e. The Bertz CT molecular complexity index is 996. The van der Waals surface area contributed by atoms with E-state index in [1.807, 2.05) is 23.6 Å². The van der Waals surface area contributed by atoms with Crippen molar-refractivity contribution in [1.29, 1.82) is 0 Å². The summed E-state index contributed by atoms with van der Waals surface area (Å²) in [5.41, 5.74) is 1.25. The van der Waals surface area contributed by atoms with E-state index in [0.29, 0.717) is 44.2 Å². The van der Waals surface area contributed by atoms with Crippen molar-refractivity contribution in [3.05, 3.63) is 40.7 Å². The van der Waals surface area contributed by atoms with Crippen LogP contribution in [0.3, 0.4) is 0 Å². The molecule has 8 nitrogen and oxygen atoms in total. The van der Waals surface area contributed by atoms with Crippen molar-refractivity contribution in [1.82, 2.24) is 19.5 Å². The molecule has 0 atom stereocenters. The average Bonchev–Trinajstić information content (AvgIpc) is 3.37. The molecule has 0 bridgehead atoms. The smallest absolute Gasteiger partial charge is 0.248 e. The van der Waals surface area contributed by atoms with Crippen LogP contribution in [0.25, 0.3) is 10.6 Å². The molecule has 4 heterocycles. The van der Waals surface area contributed by atoms with Crippen LogP contribution in [-0.2, 0) is 16.6 Å². The van der Waals surface area contributed by atoms with Crippen LogP contribution in [0, 0.1) is 13.8 Å². The first-order chi connectivity index (χ1) is 12.9. The summed E-state index contributed by atoms with van der Waals surface area (Å²) < 4.78 is 37.7. The molecule has 0 amide bonds. The molecular weight excluding hydrogens is 388 g/mol. The van der Waals surface area contributed by atoms with E-state index >= 15 is 0 Å². The fourth-order valence-corrected chi connectivity index (χ4v) is 5.64. The van der Waals surface area contributed by atoms with Crippen molar-refractivity contribution in [2.45, 2.75) is 25.3 Å². The Labute approximate surface area is 161 Å². The van der Waals surface area contributed by atoms with Crippen molar-refractivity contribution >= 4 is 21.4 Å². The summed E-state index contributed by atoms with van der Waals surface area (Å²) in [6, 6.07) is 5.91. The highest BCUT2D eigenvalue weighted by Gasteiger charge is 2.33. The van der Waals surface area contributed by atoms with Crippen LogP contribution in [-0.4, -0.2) is 54.1 Å². The second-order valence-corrected chi connectivity index (χ2v) is 9.32. The first kappa shape index (κ1) is 18.4. The maximum atomic E-state index is 12.9. The molecule has 10 heteroatoms. The summed E-state index contributed by atoms with van der Waals surface area (Å²) in [5, 5.41) is 9.89. The number of nitrogens with zero attached hydrogens (tertiary/aromatic N) is 4. The normalized spacial score (nSPS) is 16.8. The lowest BCUT2D eigenvalue weighted by Gasteiger charge is -2.33. The molecule has 1 saturated heterocycles. The van der Waals surface area contributed by atoms with Crippen LogP contribution in [0.4, 0.5) is 0 Å². The highest BCUT2D eigenvalue weighted by molar-refractivity contribution is 7.89. The Hall–Kier alpha value is -2.01. The lowest BCUT2D eigenvalue weighted by molar-refractivity contribution is 0.177. The topological polar surface area (TPSA) is 92.7 Å². The van der Waals surface area contributed by atoms with Gasteiger partial charge in [0.15, 0.2) is 11.5 Å². The van der Waals surface area contributed by atoms with Gasteiger partial charge in [-0.25, -0.2) is 8.42 Å². The molecule has 0 spiro atoms. The highest BCUT2D eigenvalue weighted by atomic mass is 32.2. The molecule has 3 aromatic heterocycles. The number of hydrogen-bond acceptors (Lipinski definition) is 8. The van der Waals surface area contributed by atoms with E-state index in [4.69, 9.17) is 9.05 Å². The fourth-order valence-electron chi connectivity index (χ4n) is 3.25. The van der Waals surface area contributed by atoms with Crippen LogP contribution in [0.2, 0.25) is 0 Å². The second-order valence-electron chi connectivity index (χ2n) is 6.49. The van der Waals surface area contributed by atoms with Crippen molar-refractivity contribution in [2.24, 2.45) is 0 Å². The number of rotatable bonds is 5. The van der Waals surface area contributed by atoms with Crippen LogP contribution in [0.5, 0.6) is 0 Å². The SMILES string of the molecule is Cc1noc(C)c1S(=O)(=O)N1CCN(Cc2cc(-c3cccs3)on2)CC1. The van der Waals surface area contributed by atoms with Gasteiger partial charge in [-0.1, -0.05) is 16.4 Å². The number of aromatic nitrogens is 2. The standard InChI is InChI=1S/C17H20N4O4S2/c1-12-17(13(2)24-18-12)27(22,23)21-7-5-20(6-8-21)11-14-10-15(25-19-14)16-4-3-9-26-16/h3-4,9-10H,5-8,11H2,1-2H3. The van der Waals surface area contributed by atoms with Gasteiger partial charge in [-0.3, -0.25) is 4.90 Å². The number of thiophene rings is 1. The Kier molecular flexibility index (Phi) is 4.89. The van der Waals surface area contributed by atoms with Gasteiger partial charge in [-0.05, 0) is 25.3 Å². The monoisotopic (exact) mass is 408 g/mol. The Morgan fingerprint density at radius 3 is 2.56 bits per heavy atom. The van der Waals surface area contributed by atoms with E-state index in [1.165, 1.54) is 4.31 Å². The van der Waals surface area contributed by atoms with Crippen molar-refractivity contribution in [3.63, 3.8) is 0 Å². The van der Waals surface area contributed by atoms with Gasteiger partial charge in [-0.15, -0.1) is 11.3 Å². The predicted octanol–water partition coefficient (Wildman–Crippen LogP) is 2.51. The summed E-state index contributed by atoms with van der Waals surface area (Å²) in [6.07, 6.45) is 0. The van der Waals surface area contributed by atoms with E-state index in [2.05, 4.69) is 15.2 Å². The number of piperazine rings is 1. The molecule has 0 aromatic carbocycles. The third-order valence-corrected chi connectivity index (χ3v) is 7.63. The summed E-state index contributed by atoms with van der Waals surface area (Å²) in [7, 11) is -3.58. The Morgan fingerprint density at radius 1 is 1.15 bits per heavy atom. The lowest BCUT2D eigenvalue weighted by atomic mass is 10.3. The van der Waals surface area contributed by atoms with Gasteiger partial charge in [-0.2, -0.15) is 4.31 Å². The lowest BCUT2D eigenvalue weighted by Crippen LogP contribution is -2.48. The third-order valence-electron chi connectivity index (χ3n) is 4.61. The maximum absolute atomic E-state index is 12.9. The van der Waals surface area contributed by atoms with E-state index in [1.54, 1.807) is 25.2 Å². The fraction of sp³-hybridized carbons (Fsp3) is 0.412. The zero-order valence-corrected chi connectivity index (χ0v) is 16.7. The van der Waals surface area contributed by atoms with Crippen molar-refractivity contribution in [2.75, 3.05) is 26.2 Å². The highest BCUT2D eigenvalue weighted by Crippen LogP contribution is 2.27. The van der Waals surface area contributed by atoms with Gasteiger partial charge in [0.1, 0.15) is 10.6 Å². The van der Waals surface area contributed by atoms with Crippen molar-refractivity contribution < 1.29 is 17.5 Å². The van der Waals surface area contributed by atoms with Gasteiger partial charge in [0.05, 0.1) is 10.6 Å². The number of aryl methyl sites for hydroxylation is 2. The molecule has 0 N–H and O–H groups in total. The zero-order valence-electron chi connectivity index (χ0n) is 15.1. The van der Waals surface area contributed by atoms with Crippen molar-refractivity contribution in [3.8, 4) is 10.6 Å². The van der Waals surface area contributed by atoms with Gasteiger partial charge in [0.25, 0.3) is 0 Å². The van der Waals surface area contributed by atoms with Crippen LogP contribution in [0.15, 0.2) is 37.5 Å². The van der Waals surface area contributed by atoms with Gasteiger partial charge >= 0.3 is 0 Å². The Balaban J connectivity index is 1.39.